The van der Waals surface area contributed by atoms with Gasteiger partial charge in [-0.25, -0.2) is 5.43 Å². The van der Waals surface area contributed by atoms with E-state index in [1.54, 1.807) is 30.3 Å². The molecule has 0 aromatic heterocycles. The number of ether oxygens (including phenoxy) is 2. The van der Waals surface area contributed by atoms with Crippen molar-refractivity contribution in [1.29, 1.82) is 0 Å². The summed E-state index contributed by atoms with van der Waals surface area (Å²) in [6.45, 7) is -0.210. The SMILES string of the molecule is COc1cc(/C=N/NC(=O)c2cccc([N+](=O)[O-])c2)ccc1OCC(=O)Nc1ccccc1. The number of nitro benzene ring substituents is 1. The van der Waals surface area contributed by atoms with E-state index in [9.17, 15) is 19.7 Å². The molecule has 0 atom stereocenters. The van der Waals surface area contributed by atoms with Crippen LogP contribution in [0.4, 0.5) is 11.4 Å². The Bertz CT molecular complexity index is 1180. The Morgan fingerprint density at radius 2 is 1.82 bits per heavy atom. The Morgan fingerprint density at radius 3 is 2.55 bits per heavy atom. The van der Waals surface area contributed by atoms with Crippen molar-refractivity contribution >= 4 is 29.4 Å². The summed E-state index contributed by atoms with van der Waals surface area (Å²) in [5.74, 6) is -0.181. The topological polar surface area (TPSA) is 132 Å². The van der Waals surface area contributed by atoms with E-state index >= 15 is 0 Å². The number of nitrogens with zero attached hydrogens (tertiary/aromatic N) is 2. The van der Waals surface area contributed by atoms with Gasteiger partial charge in [0.1, 0.15) is 0 Å². The van der Waals surface area contributed by atoms with E-state index in [0.717, 1.165) is 6.07 Å². The number of carbonyl (C=O) groups excluding carboxylic acids is 2. The Kier molecular flexibility index (Phi) is 7.68. The molecule has 0 aliphatic rings. The lowest BCUT2D eigenvalue weighted by Gasteiger charge is -2.11. The zero-order valence-corrected chi connectivity index (χ0v) is 17.6. The first-order valence-electron chi connectivity index (χ1n) is 9.70. The Morgan fingerprint density at radius 1 is 1.03 bits per heavy atom. The molecule has 3 aromatic rings. The molecule has 3 aromatic carbocycles. The first kappa shape index (κ1) is 22.9. The lowest BCUT2D eigenvalue weighted by Crippen LogP contribution is -2.20. The van der Waals surface area contributed by atoms with Crippen LogP contribution in [-0.2, 0) is 4.79 Å². The number of hydrogen-bond donors (Lipinski definition) is 2. The third kappa shape index (κ3) is 6.62. The number of methoxy groups -OCH3 is 1. The second kappa shape index (κ2) is 11.0. The maximum absolute atomic E-state index is 12.1. The first-order chi connectivity index (χ1) is 16.0. The fraction of sp³-hybridized carbons (Fsp3) is 0.0870. The first-order valence-corrected chi connectivity index (χ1v) is 9.70. The van der Waals surface area contributed by atoms with E-state index in [4.69, 9.17) is 9.47 Å². The number of carbonyl (C=O) groups is 2. The number of amides is 2. The molecule has 0 saturated heterocycles. The summed E-state index contributed by atoms with van der Waals surface area (Å²) in [5, 5.41) is 17.4. The van der Waals surface area contributed by atoms with Crippen molar-refractivity contribution in [3.8, 4) is 11.5 Å². The molecule has 2 N–H and O–H groups in total. The van der Waals surface area contributed by atoms with E-state index in [0.29, 0.717) is 22.7 Å². The van der Waals surface area contributed by atoms with Gasteiger partial charge in [-0.15, -0.1) is 0 Å². The number of rotatable bonds is 9. The summed E-state index contributed by atoms with van der Waals surface area (Å²) in [6.07, 6.45) is 1.38. The predicted octanol–water partition coefficient (Wildman–Crippen LogP) is 3.38. The van der Waals surface area contributed by atoms with Gasteiger partial charge in [-0.3, -0.25) is 19.7 Å². The molecule has 0 aliphatic carbocycles. The number of hydrogen-bond acceptors (Lipinski definition) is 7. The molecule has 0 saturated carbocycles. The Hall–Kier alpha value is -4.73. The van der Waals surface area contributed by atoms with Gasteiger partial charge >= 0.3 is 0 Å². The molecule has 0 aliphatic heterocycles. The molecule has 0 heterocycles. The minimum Gasteiger partial charge on any atom is -0.493 e. The second-order valence-electron chi connectivity index (χ2n) is 6.62. The van der Waals surface area contributed by atoms with Gasteiger partial charge in [-0.05, 0) is 42.0 Å². The molecule has 0 spiro atoms. The van der Waals surface area contributed by atoms with E-state index in [1.807, 2.05) is 18.2 Å². The van der Waals surface area contributed by atoms with Crippen LogP contribution in [0.3, 0.4) is 0 Å². The van der Waals surface area contributed by atoms with Crippen LogP contribution in [0.2, 0.25) is 0 Å². The lowest BCUT2D eigenvalue weighted by atomic mass is 10.2. The van der Waals surface area contributed by atoms with Crippen LogP contribution in [0.5, 0.6) is 11.5 Å². The van der Waals surface area contributed by atoms with Crippen LogP contribution in [0.1, 0.15) is 15.9 Å². The van der Waals surface area contributed by atoms with Gasteiger partial charge in [0.2, 0.25) is 0 Å². The molecule has 33 heavy (non-hydrogen) atoms. The number of anilines is 1. The molecule has 0 bridgehead atoms. The number of nitrogens with one attached hydrogen (secondary N) is 2. The number of benzene rings is 3. The highest BCUT2D eigenvalue weighted by Gasteiger charge is 2.11. The van der Waals surface area contributed by atoms with Gasteiger partial charge in [-0.1, -0.05) is 24.3 Å². The zero-order chi connectivity index (χ0) is 23.6. The van der Waals surface area contributed by atoms with Gasteiger partial charge in [0.25, 0.3) is 17.5 Å². The molecule has 0 fully saturated rings. The summed E-state index contributed by atoms with van der Waals surface area (Å²) in [5.41, 5.74) is 3.48. The van der Waals surface area contributed by atoms with Gasteiger partial charge in [-0.2, -0.15) is 5.10 Å². The van der Waals surface area contributed by atoms with E-state index < -0.39 is 10.8 Å². The molecule has 10 nitrogen and oxygen atoms in total. The van der Waals surface area contributed by atoms with E-state index in [-0.39, 0.29) is 23.8 Å². The molecule has 0 unspecified atom stereocenters. The quantitative estimate of drug-likeness (QED) is 0.293. The average Bonchev–Trinajstić information content (AvgIpc) is 2.83. The normalized spacial score (nSPS) is 10.5. The molecule has 10 heteroatoms. The van der Waals surface area contributed by atoms with Crippen LogP contribution < -0.4 is 20.2 Å². The number of nitro groups is 1. The van der Waals surface area contributed by atoms with E-state index in [2.05, 4.69) is 15.8 Å². The maximum Gasteiger partial charge on any atom is 0.271 e. The predicted molar refractivity (Wildman–Crippen MR) is 122 cm³/mol. The smallest absolute Gasteiger partial charge is 0.271 e. The van der Waals surface area contributed by atoms with Crippen molar-refractivity contribution in [2.24, 2.45) is 5.10 Å². The van der Waals surface area contributed by atoms with Crippen molar-refractivity contribution < 1.29 is 24.0 Å². The summed E-state index contributed by atoms with van der Waals surface area (Å²) >= 11 is 0. The standard InChI is InChI=1S/C23H20N4O6/c1-32-21-12-16(14-24-26-23(29)17-6-5-9-19(13-17)27(30)31)10-11-20(21)33-15-22(28)25-18-7-3-2-4-8-18/h2-14H,15H2,1H3,(H,25,28)(H,26,29)/b24-14+. The average molecular weight is 448 g/mol. The lowest BCUT2D eigenvalue weighted by molar-refractivity contribution is -0.384. The van der Waals surface area contributed by atoms with Crippen molar-refractivity contribution in [3.63, 3.8) is 0 Å². The molecular formula is C23H20N4O6. The largest absolute Gasteiger partial charge is 0.493 e. The third-order valence-corrected chi connectivity index (χ3v) is 4.30. The van der Waals surface area contributed by atoms with E-state index in [1.165, 1.54) is 31.5 Å². The van der Waals surface area contributed by atoms with Crippen molar-refractivity contribution in [1.82, 2.24) is 5.43 Å². The van der Waals surface area contributed by atoms with Gasteiger partial charge < -0.3 is 14.8 Å². The fourth-order valence-electron chi connectivity index (χ4n) is 2.74. The minimum absolute atomic E-state index is 0.108. The summed E-state index contributed by atoms with van der Waals surface area (Å²) < 4.78 is 10.8. The van der Waals surface area contributed by atoms with Crippen LogP contribution in [-0.4, -0.2) is 36.7 Å². The molecular weight excluding hydrogens is 428 g/mol. The summed E-state index contributed by atoms with van der Waals surface area (Å²) in [7, 11) is 1.46. The zero-order valence-electron chi connectivity index (χ0n) is 17.6. The Labute approximate surface area is 189 Å². The molecule has 3 rings (SSSR count). The second-order valence-corrected chi connectivity index (χ2v) is 6.62. The number of para-hydroxylation sites is 1. The molecule has 2 amide bonds. The summed E-state index contributed by atoms with van der Waals surface area (Å²) in [6, 6.07) is 19.2. The highest BCUT2D eigenvalue weighted by molar-refractivity contribution is 5.95. The third-order valence-electron chi connectivity index (χ3n) is 4.30. The minimum atomic E-state index is -0.591. The monoisotopic (exact) mass is 448 g/mol. The van der Waals surface area contributed by atoms with Gasteiger partial charge in [0.05, 0.1) is 18.2 Å². The Balaban J connectivity index is 1.58. The highest BCUT2D eigenvalue weighted by Crippen LogP contribution is 2.27. The molecule has 0 radical (unpaired) electrons. The number of non-ortho nitro benzene ring substituents is 1. The highest BCUT2D eigenvalue weighted by atomic mass is 16.6. The number of hydrazone groups is 1. The van der Waals surface area contributed by atoms with Crippen molar-refractivity contribution in [3.05, 3.63) is 94.0 Å². The van der Waals surface area contributed by atoms with Crippen LogP contribution >= 0.6 is 0 Å². The van der Waals surface area contributed by atoms with Crippen molar-refractivity contribution in [2.45, 2.75) is 0 Å². The van der Waals surface area contributed by atoms with Crippen LogP contribution in [0.15, 0.2) is 77.9 Å². The molecule has 168 valence electrons. The van der Waals surface area contributed by atoms with Gasteiger partial charge in [0.15, 0.2) is 18.1 Å². The van der Waals surface area contributed by atoms with Crippen molar-refractivity contribution in [2.75, 3.05) is 19.0 Å². The fourth-order valence-corrected chi connectivity index (χ4v) is 2.74. The summed E-state index contributed by atoms with van der Waals surface area (Å²) in [4.78, 5) is 34.4. The van der Waals surface area contributed by atoms with Crippen LogP contribution in [0.25, 0.3) is 0 Å². The van der Waals surface area contributed by atoms with Crippen LogP contribution in [0, 0.1) is 10.1 Å². The maximum atomic E-state index is 12.1. The van der Waals surface area contributed by atoms with Gasteiger partial charge in [0, 0.05) is 23.4 Å².